The second-order valence-electron chi connectivity index (χ2n) is 7.69. The van der Waals surface area contributed by atoms with E-state index in [4.69, 9.17) is 23.7 Å². The normalized spacial score (nSPS) is 17.7. The smallest absolute Gasteiger partial charge is 0.161 e. The van der Waals surface area contributed by atoms with Crippen LogP contribution in [0.2, 0.25) is 0 Å². The van der Waals surface area contributed by atoms with Gasteiger partial charge in [-0.25, -0.2) is 0 Å². The van der Waals surface area contributed by atoms with Crippen LogP contribution in [-0.2, 0) is 10.3 Å². The molecule has 0 fully saturated rings. The number of ether oxygens (including phenoxy) is 5. The molecule has 0 radical (unpaired) electrons. The Balaban J connectivity index is 2.15. The summed E-state index contributed by atoms with van der Waals surface area (Å²) in [4.78, 5) is 0. The van der Waals surface area contributed by atoms with Gasteiger partial charge in [-0.1, -0.05) is 13.8 Å². The summed E-state index contributed by atoms with van der Waals surface area (Å²) in [5.74, 6) is 3.86. The third-order valence-corrected chi connectivity index (χ3v) is 5.63. The van der Waals surface area contributed by atoms with E-state index < -0.39 is 5.60 Å². The molecule has 1 unspecified atom stereocenters. The molecule has 1 heterocycles. The average Bonchev–Trinajstić information content (AvgIpc) is 2.74. The molecule has 0 aliphatic carbocycles. The first-order chi connectivity index (χ1) is 14.4. The van der Waals surface area contributed by atoms with E-state index in [2.05, 4.69) is 20.8 Å². The number of hydrogen-bond acceptors (Lipinski definition) is 5. The van der Waals surface area contributed by atoms with Gasteiger partial charge in [-0.2, -0.15) is 0 Å². The molecule has 1 atom stereocenters. The van der Waals surface area contributed by atoms with E-state index in [0.29, 0.717) is 30.5 Å². The van der Waals surface area contributed by atoms with Crippen molar-refractivity contribution in [2.45, 2.75) is 40.2 Å². The minimum absolute atomic E-state index is 0.229. The fourth-order valence-corrected chi connectivity index (χ4v) is 3.67. The van der Waals surface area contributed by atoms with Crippen molar-refractivity contribution in [3.8, 4) is 23.0 Å². The lowest BCUT2D eigenvalue weighted by atomic mass is 9.80. The van der Waals surface area contributed by atoms with Gasteiger partial charge in [0.1, 0.15) is 11.4 Å². The number of rotatable bonds is 8. The van der Waals surface area contributed by atoms with Crippen molar-refractivity contribution < 1.29 is 23.7 Å². The van der Waals surface area contributed by atoms with E-state index in [1.165, 1.54) is 0 Å². The highest BCUT2D eigenvalue weighted by atomic mass is 16.5. The highest BCUT2D eigenvalue weighted by molar-refractivity contribution is 5.83. The minimum Gasteiger partial charge on any atom is -0.493 e. The van der Waals surface area contributed by atoms with Crippen LogP contribution in [0.4, 0.5) is 0 Å². The van der Waals surface area contributed by atoms with Gasteiger partial charge >= 0.3 is 0 Å². The second-order valence-corrected chi connectivity index (χ2v) is 7.69. The van der Waals surface area contributed by atoms with Gasteiger partial charge in [-0.05, 0) is 68.7 Å². The average molecular weight is 413 g/mol. The van der Waals surface area contributed by atoms with Crippen LogP contribution in [0.5, 0.6) is 23.0 Å². The lowest BCUT2D eigenvalue weighted by Gasteiger charge is -2.40. The molecular weight excluding hydrogens is 380 g/mol. The summed E-state index contributed by atoms with van der Waals surface area (Å²) in [5, 5.41) is 0. The van der Waals surface area contributed by atoms with Crippen molar-refractivity contribution in [1.82, 2.24) is 0 Å². The van der Waals surface area contributed by atoms with E-state index in [1.807, 2.05) is 50.3 Å². The predicted octanol–water partition coefficient (Wildman–Crippen LogP) is 5.90. The van der Waals surface area contributed by atoms with Gasteiger partial charge in [0.05, 0.1) is 27.4 Å². The molecule has 0 saturated carbocycles. The quantitative estimate of drug-likeness (QED) is 0.540. The Morgan fingerprint density at radius 1 is 0.867 bits per heavy atom. The summed E-state index contributed by atoms with van der Waals surface area (Å²) in [7, 11) is 3.30. The molecule has 0 N–H and O–H groups in total. The zero-order valence-corrected chi connectivity index (χ0v) is 19.0. The van der Waals surface area contributed by atoms with Crippen molar-refractivity contribution in [3.63, 3.8) is 0 Å². The molecule has 30 heavy (non-hydrogen) atoms. The Labute approximate surface area is 179 Å². The fraction of sp³-hybridized carbons (Fsp3) is 0.440. The predicted molar refractivity (Wildman–Crippen MR) is 119 cm³/mol. The molecule has 0 amide bonds. The van der Waals surface area contributed by atoms with Gasteiger partial charge in [-0.15, -0.1) is 0 Å². The maximum Gasteiger partial charge on any atom is 0.161 e. The Kier molecular flexibility index (Phi) is 6.49. The molecule has 0 bridgehead atoms. The first-order valence-electron chi connectivity index (χ1n) is 10.4. The molecule has 1 aliphatic heterocycles. The zero-order valence-electron chi connectivity index (χ0n) is 19.0. The highest BCUT2D eigenvalue weighted by Crippen LogP contribution is 2.48. The third kappa shape index (κ3) is 3.93. The van der Waals surface area contributed by atoms with E-state index in [1.54, 1.807) is 14.2 Å². The van der Waals surface area contributed by atoms with Gasteiger partial charge in [0.15, 0.2) is 23.0 Å². The number of hydrogen-bond donors (Lipinski definition) is 0. The van der Waals surface area contributed by atoms with E-state index in [0.717, 1.165) is 28.2 Å². The summed E-state index contributed by atoms with van der Waals surface area (Å²) in [6.45, 7) is 11.5. The SMILES string of the molecule is CCOc1ccc(C2=Cc3cc(OC)c(OC)cc3C(C)(C(C)C)O2)cc1OCC. The summed E-state index contributed by atoms with van der Waals surface area (Å²) in [6, 6.07) is 9.95. The van der Waals surface area contributed by atoms with Crippen molar-refractivity contribution in [2.24, 2.45) is 5.92 Å². The van der Waals surface area contributed by atoms with Crippen LogP contribution in [0, 0.1) is 5.92 Å². The number of fused-ring (bicyclic) bond motifs is 1. The Hall–Kier alpha value is -2.82. The van der Waals surface area contributed by atoms with Gasteiger partial charge in [0.25, 0.3) is 0 Å². The zero-order chi connectivity index (χ0) is 21.9. The van der Waals surface area contributed by atoms with E-state index in [-0.39, 0.29) is 5.92 Å². The van der Waals surface area contributed by atoms with Gasteiger partial charge in [0.2, 0.25) is 0 Å². The summed E-state index contributed by atoms with van der Waals surface area (Å²) in [6.07, 6.45) is 2.05. The number of methoxy groups -OCH3 is 2. The van der Waals surface area contributed by atoms with Crippen LogP contribution < -0.4 is 18.9 Å². The maximum atomic E-state index is 6.62. The molecular formula is C25H32O5. The first kappa shape index (κ1) is 21.9. The van der Waals surface area contributed by atoms with Crippen LogP contribution in [0.3, 0.4) is 0 Å². The van der Waals surface area contributed by atoms with Crippen LogP contribution in [0.1, 0.15) is 51.3 Å². The molecule has 0 spiro atoms. The van der Waals surface area contributed by atoms with Gasteiger partial charge < -0.3 is 23.7 Å². The van der Waals surface area contributed by atoms with Crippen LogP contribution in [0.25, 0.3) is 11.8 Å². The van der Waals surface area contributed by atoms with Crippen LogP contribution in [-0.4, -0.2) is 27.4 Å². The molecule has 5 heteroatoms. The van der Waals surface area contributed by atoms with E-state index >= 15 is 0 Å². The fourth-order valence-electron chi connectivity index (χ4n) is 3.67. The summed E-state index contributed by atoms with van der Waals surface area (Å²) >= 11 is 0. The second kappa shape index (κ2) is 8.90. The summed E-state index contributed by atoms with van der Waals surface area (Å²) in [5.41, 5.74) is 2.55. The highest BCUT2D eigenvalue weighted by Gasteiger charge is 2.39. The van der Waals surface area contributed by atoms with Crippen molar-refractivity contribution in [1.29, 1.82) is 0 Å². The first-order valence-corrected chi connectivity index (χ1v) is 10.4. The van der Waals surface area contributed by atoms with Gasteiger partial charge in [-0.3, -0.25) is 0 Å². The molecule has 0 aromatic heterocycles. The standard InChI is InChI=1S/C25H32O5/c1-8-28-20-11-10-17(12-24(20)29-9-2)21-13-18-14-22(26-6)23(27-7)15-19(18)25(5,30-21)16(3)4/h10-16H,8-9H2,1-7H3. The molecule has 0 saturated heterocycles. The molecule has 3 rings (SSSR count). The van der Waals surface area contributed by atoms with Crippen molar-refractivity contribution in [2.75, 3.05) is 27.4 Å². The van der Waals surface area contributed by atoms with Crippen LogP contribution >= 0.6 is 0 Å². The van der Waals surface area contributed by atoms with E-state index in [9.17, 15) is 0 Å². The Morgan fingerprint density at radius 2 is 1.50 bits per heavy atom. The van der Waals surface area contributed by atoms with Crippen LogP contribution in [0.15, 0.2) is 30.3 Å². The molecule has 162 valence electrons. The minimum atomic E-state index is -0.524. The Bertz CT molecular complexity index is 931. The third-order valence-electron chi connectivity index (χ3n) is 5.63. The van der Waals surface area contributed by atoms with Crippen molar-refractivity contribution in [3.05, 3.63) is 47.0 Å². The topological polar surface area (TPSA) is 46.2 Å². The maximum absolute atomic E-state index is 6.62. The monoisotopic (exact) mass is 412 g/mol. The summed E-state index contributed by atoms with van der Waals surface area (Å²) < 4.78 is 29.2. The number of benzene rings is 2. The lowest BCUT2D eigenvalue weighted by Crippen LogP contribution is -2.34. The molecule has 1 aliphatic rings. The lowest BCUT2D eigenvalue weighted by molar-refractivity contribution is 0.00655. The largest absolute Gasteiger partial charge is 0.493 e. The molecule has 5 nitrogen and oxygen atoms in total. The van der Waals surface area contributed by atoms with Crippen molar-refractivity contribution >= 4 is 11.8 Å². The molecule has 2 aromatic carbocycles. The molecule has 2 aromatic rings. The van der Waals surface area contributed by atoms with Gasteiger partial charge in [0, 0.05) is 11.1 Å². The Morgan fingerprint density at radius 3 is 2.10 bits per heavy atom.